The number of hydrogen-bond acceptors (Lipinski definition) is 5. The number of hydrogen-bond donors (Lipinski definition) is 0. The first kappa shape index (κ1) is 16.0. The molecule has 0 spiro atoms. The molecule has 2 aliphatic heterocycles. The van der Waals surface area contributed by atoms with Crippen LogP contribution >= 0.6 is 0 Å². The zero-order valence-corrected chi connectivity index (χ0v) is 14.0. The second-order valence-corrected chi connectivity index (χ2v) is 6.75. The number of aromatic nitrogens is 1. The molecule has 1 atom stereocenters. The minimum absolute atomic E-state index is 0.622. The van der Waals surface area contributed by atoms with Crippen LogP contribution in [0.4, 0.5) is 0 Å². The summed E-state index contributed by atoms with van der Waals surface area (Å²) in [5, 5.41) is 0. The molecule has 0 bridgehead atoms. The fraction of sp³-hybridized carbons (Fsp3) is 0.824. The van der Waals surface area contributed by atoms with E-state index in [9.17, 15) is 0 Å². The van der Waals surface area contributed by atoms with E-state index >= 15 is 0 Å². The van der Waals surface area contributed by atoms with E-state index in [2.05, 4.69) is 28.8 Å². The van der Waals surface area contributed by atoms with E-state index in [-0.39, 0.29) is 0 Å². The van der Waals surface area contributed by atoms with Crippen LogP contribution in [0.15, 0.2) is 10.6 Å². The summed E-state index contributed by atoms with van der Waals surface area (Å²) in [6.07, 6.45) is 6.48. The third kappa shape index (κ3) is 4.09. The maximum atomic E-state index is 5.73. The molecule has 0 N–H and O–H groups in total. The lowest BCUT2D eigenvalue weighted by molar-refractivity contribution is 0.0545. The predicted octanol–water partition coefficient (Wildman–Crippen LogP) is 2.17. The van der Waals surface area contributed by atoms with E-state index in [1.807, 2.05) is 6.20 Å². The number of aryl methyl sites for hydroxylation is 1. The first-order valence-electron chi connectivity index (χ1n) is 8.68. The van der Waals surface area contributed by atoms with E-state index in [4.69, 9.17) is 9.15 Å². The van der Waals surface area contributed by atoms with Crippen LogP contribution in [0.1, 0.15) is 37.8 Å². The highest BCUT2D eigenvalue weighted by Crippen LogP contribution is 2.21. The Labute approximate surface area is 133 Å². The number of rotatable bonds is 6. The lowest BCUT2D eigenvalue weighted by Gasteiger charge is -2.28. The van der Waals surface area contributed by atoms with Gasteiger partial charge in [0.2, 0.25) is 5.89 Å². The maximum Gasteiger partial charge on any atom is 0.208 e. The van der Waals surface area contributed by atoms with Crippen molar-refractivity contribution in [3.63, 3.8) is 0 Å². The second-order valence-electron chi connectivity index (χ2n) is 6.75. The Balaban J connectivity index is 1.44. The highest BCUT2D eigenvalue weighted by molar-refractivity contribution is 4.94. The summed E-state index contributed by atoms with van der Waals surface area (Å²) in [6.45, 7) is 8.45. The van der Waals surface area contributed by atoms with Crippen molar-refractivity contribution in [2.45, 2.75) is 45.2 Å². The van der Waals surface area contributed by atoms with Crippen LogP contribution in [0, 0.1) is 5.92 Å². The summed E-state index contributed by atoms with van der Waals surface area (Å²) >= 11 is 0. The van der Waals surface area contributed by atoms with Crippen molar-refractivity contribution in [3.8, 4) is 0 Å². The molecule has 22 heavy (non-hydrogen) atoms. The number of nitrogens with zero attached hydrogens (tertiary/aromatic N) is 3. The number of likely N-dealkylation sites (tertiary alicyclic amines) is 1. The monoisotopic (exact) mass is 307 g/mol. The Morgan fingerprint density at radius 2 is 2.14 bits per heavy atom. The minimum Gasteiger partial charge on any atom is -0.444 e. The van der Waals surface area contributed by atoms with E-state index in [0.717, 1.165) is 43.7 Å². The van der Waals surface area contributed by atoms with Gasteiger partial charge in [0.15, 0.2) is 0 Å². The van der Waals surface area contributed by atoms with Crippen molar-refractivity contribution in [2.75, 3.05) is 39.9 Å². The van der Waals surface area contributed by atoms with Crippen molar-refractivity contribution < 1.29 is 9.15 Å². The van der Waals surface area contributed by atoms with Crippen LogP contribution in [0.3, 0.4) is 0 Å². The molecule has 0 unspecified atom stereocenters. The van der Waals surface area contributed by atoms with Crippen LogP contribution in [-0.2, 0) is 17.7 Å². The second kappa shape index (κ2) is 7.57. The average Bonchev–Trinajstić information content (AvgIpc) is 3.17. The first-order chi connectivity index (χ1) is 10.7. The lowest BCUT2D eigenvalue weighted by atomic mass is 10.00. The van der Waals surface area contributed by atoms with Gasteiger partial charge in [-0.15, -0.1) is 0 Å². The minimum atomic E-state index is 0.622. The van der Waals surface area contributed by atoms with Crippen molar-refractivity contribution >= 4 is 0 Å². The molecule has 3 heterocycles. The number of ether oxygens (including phenoxy) is 1. The molecule has 0 amide bonds. The van der Waals surface area contributed by atoms with Gasteiger partial charge in [-0.1, -0.05) is 6.92 Å². The van der Waals surface area contributed by atoms with Crippen molar-refractivity contribution in [1.82, 2.24) is 14.8 Å². The lowest BCUT2D eigenvalue weighted by Crippen LogP contribution is -2.36. The molecule has 5 nitrogen and oxygen atoms in total. The van der Waals surface area contributed by atoms with Gasteiger partial charge < -0.3 is 14.1 Å². The molecule has 2 fully saturated rings. The van der Waals surface area contributed by atoms with Crippen molar-refractivity contribution in [1.29, 1.82) is 0 Å². The Bertz CT molecular complexity index is 457. The maximum absolute atomic E-state index is 5.73. The number of oxazole rings is 1. The molecule has 0 aliphatic carbocycles. The Morgan fingerprint density at radius 1 is 1.32 bits per heavy atom. The van der Waals surface area contributed by atoms with Crippen LogP contribution in [0.2, 0.25) is 0 Å². The standard InChI is InChI=1S/C17H29N3O2/c1-3-16-10-18-17(22-16)13-19(2)15-4-7-20(12-15)11-14-5-8-21-9-6-14/h10,14-15H,3-9,11-13H2,1-2H3/t15-/m1/s1. The average molecular weight is 307 g/mol. The fourth-order valence-electron chi connectivity index (χ4n) is 3.56. The van der Waals surface area contributed by atoms with E-state index in [1.54, 1.807) is 0 Å². The van der Waals surface area contributed by atoms with Crippen molar-refractivity contribution in [2.24, 2.45) is 5.92 Å². The highest BCUT2D eigenvalue weighted by atomic mass is 16.5. The predicted molar refractivity (Wildman–Crippen MR) is 85.7 cm³/mol. The zero-order valence-electron chi connectivity index (χ0n) is 14.0. The summed E-state index contributed by atoms with van der Waals surface area (Å²) < 4.78 is 11.2. The SMILES string of the molecule is CCc1cnc(CN(C)[C@@H]2CCN(CC3CCOCC3)C2)o1. The smallest absolute Gasteiger partial charge is 0.208 e. The molecule has 1 aromatic heterocycles. The van der Waals surface area contributed by atoms with Crippen LogP contribution in [0.5, 0.6) is 0 Å². The van der Waals surface area contributed by atoms with Gasteiger partial charge >= 0.3 is 0 Å². The van der Waals surface area contributed by atoms with E-state index < -0.39 is 0 Å². The van der Waals surface area contributed by atoms with E-state index in [1.165, 1.54) is 38.9 Å². The zero-order chi connectivity index (χ0) is 15.4. The Kier molecular flexibility index (Phi) is 5.50. The third-order valence-electron chi connectivity index (χ3n) is 5.06. The van der Waals surface area contributed by atoms with Gasteiger partial charge in [0.1, 0.15) is 5.76 Å². The van der Waals surface area contributed by atoms with Gasteiger partial charge in [-0.25, -0.2) is 4.98 Å². The van der Waals surface area contributed by atoms with Crippen LogP contribution < -0.4 is 0 Å². The summed E-state index contributed by atoms with van der Waals surface area (Å²) in [7, 11) is 2.19. The van der Waals surface area contributed by atoms with E-state index in [0.29, 0.717) is 6.04 Å². The quantitative estimate of drug-likeness (QED) is 0.806. The van der Waals surface area contributed by atoms with Gasteiger partial charge in [-0.3, -0.25) is 4.90 Å². The van der Waals surface area contributed by atoms with Gasteiger partial charge in [0.05, 0.1) is 12.7 Å². The molecule has 2 saturated heterocycles. The van der Waals surface area contributed by atoms with Gasteiger partial charge in [0.25, 0.3) is 0 Å². The molecule has 5 heteroatoms. The molecule has 3 rings (SSSR count). The van der Waals surface area contributed by atoms with Crippen LogP contribution in [-0.4, -0.2) is 60.7 Å². The van der Waals surface area contributed by atoms with Gasteiger partial charge in [0, 0.05) is 38.8 Å². The molecule has 0 radical (unpaired) electrons. The molecular weight excluding hydrogens is 278 g/mol. The number of likely N-dealkylation sites (N-methyl/N-ethyl adjacent to an activating group) is 1. The summed E-state index contributed by atoms with van der Waals surface area (Å²) in [5.41, 5.74) is 0. The summed E-state index contributed by atoms with van der Waals surface area (Å²) in [5.74, 6) is 2.66. The molecule has 0 aromatic carbocycles. The van der Waals surface area contributed by atoms with Gasteiger partial charge in [-0.2, -0.15) is 0 Å². The van der Waals surface area contributed by atoms with Crippen LogP contribution in [0.25, 0.3) is 0 Å². The normalized spacial score (nSPS) is 24.4. The molecule has 124 valence electrons. The fourth-order valence-corrected chi connectivity index (χ4v) is 3.56. The third-order valence-corrected chi connectivity index (χ3v) is 5.06. The highest BCUT2D eigenvalue weighted by Gasteiger charge is 2.28. The largest absolute Gasteiger partial charge is 0.444 e. The summed E-state index contributed by atoms with van der Waals surface area (Å²) in [6, 6.07) is 0.622. The molecule has 1 aromatic rings. The topological polar surface area (TPSA) is 41.7 Å². The van der Waals surface area contributed by atoms with Crippen molar-refractivity contribution in [3.05, 3.63) is 17.8 Å². The first-order valence-corrected chi connectivity index (χ1v) is 8.68. The molecule has 0 saturated carbocycles. The van der Waals surface area contributed by atoms with Gasteiger partial charge in [-0.05, 0) is 38.8 Å². The Morgan fingerprint density at radius 3 is 2.86 bits per heavy atom. The molecule has 2 aliphatic rings. The molecular formula is C17H29N3O2. The summed E-state index contributed by atoms with van der Waals surface area (Å²) in [4.78, 5) is 9.40. The Hall–Kier alpha value is -0.910.